The number of carbonyl (C=O) groups excluding carboxylic acids is 1. The number of aliphatic carboxylic acids is 1. The summed E-state index contributed by atoms with van der Waals surface area (Å²) in [6.07, 6.45) is 2.95. The average Bonchev–Trinajstić information content (AvgIpc) is 2.49. The first-order valence-electron chi connectivity index (χ1n) is 8.53. The number of esters is 1. The van der Waals surface area contributed by atoms with Crippen LogP contribution in [-0.2, 0) is 20.9 Å². The molecule has 0 bridgehead atoms. The molecular formula is C20H27NO4. The van der Waals surface area contributed by atoms with E-state index in [2.05, 4.69) is 44.7 Å². The van der Waals surface area contributed by atoms with Crippen molar-refractivity contribution >= 4 is 11.9 Å². The van der Waals surface area contributed by atoms with Gasteiger partial charge in [0.2, 0.25) is 0 Å². The monoisotopic (exact) mass is 345 g/mol. The number of likely N-dealkylation sites (tertiary alicyclic amines) is 1. The molecule has 136 valence electrons. The van der Waals surface area contributed by atoms with Crippen molar-refractivity contribution in [2.45, 2.75) is 64.3 Å². The van der Waals surface area contributed by atoms with Gasteiger partial charge in [-0.3, -0.25) is 4.90 Å². The van der Waals surface area contributed by atoms with E-state index < -0.39 is 11.9 Å². The van der Waals surface area contributed by atoms with E-state index in [1.54, 1.807) is 0 Å². The highest BCUT2D eigenvalue weighted by molar-refractivity contribution is 5.90. The molecule has 2 rings (SSSR count). The summed E-state index contributed by atoms with van der Waals surface area (Å²) in [5.41, 5.74) is 0.946. The highest BCUT2D eigenvalue weighted by Crippen LogP contribution is 2.40. The molecule has 0 aromatic heterocycles. The van der Waals surface area contributed by atoms with Crippen LogP contribution < -0.4 is 0 Å². The maximum Gasteiger partial charge on any atom is 0.331 e. The van der Waals surface area contributed by atoms with Crippen LogP contribution in [0.3, 0.4) is 0 Å². The number of rotatable bonds is 5. The first-order chi connectivity index (χ1) is 11.6. The number of ether oxygens (including phenoxy) is 1. The normalized spacial score (nSPS) is 20.5. The van der Waals surface area contributed by atoms with Gasteiger partial charge in [0.05, 0.1) is 0 Å². The van der Waals surface area contributed by atoms with Crippen molar-refractivity contribution in [1.82, 2.24) is 4.90 Å². The fourth-order valence-corrected chi connectivity index (χ4v) is 3.85. The quantitative estimate of drug-likeness (QED) is 0.654. The van der Waals surface area contributed by atoms with Crippen LogP contribution in [0.1, 0.15) is 46.1 Å². The zero-order valence-electron chi connectivity index (χ0n) is 15.4. The molecule has 0 atom stereocenters. The molecule has 0 spiro atoms. The second kappa shape index (κ2) is 7.40. The van der Waals surface area contributed by atoms with Crippen LogP contribution in [0.5, 0.6) is 0 Å². The third kappa shape index (κ3) is 5.16. The van der Waals surface area contributed by atoms with Crippen LogP contribution >= 0.6 is 0 Å². The SMILES string of the molecule is CC1(C)CC(OC(=O)/C=C\C(=O)O)CC(C)(C)N1Cc1ccccc1. The number of carbonyl (C=O) groups is 2. The Bertz CT molecular complexity index is 631. The van der Waals surface area contributed by atoms with E-state index in [1.165, 1.54) is 5.56 Å². The Morgan fingerprint density at radius 2 is 1.68 bits per heavy atom. The minimum Gasteiger partial charge on any atom is -0.478 e. The van der Waals surface area contributed by atoms with Crippen molar-refractivity contribution in [3.8, 4) is 0 Å². The smallest absolute Gasteiger partial charge is 0.331 e. The Kier molecular flexibility index (Phi) is 5.68. The second-order valence-electron chi connectivity index (χ2n) is 7.84. The van der Waals surface area contributed by atoms with E-state index in [1.807, 2.05) is 18.2 Å². The molecule has 1 N–H and O–H groups in total. The van der Waals surface area contributed by atoms with Crippen LogP contribution in [0.15, 0.2) is 42.5 Å². The molecule has 1 saturated heterocycles. The Labute approximate surface area is 149 Å². The topological polar surface area (TPSA) is 66.8 Å². The number of carboxylic acids is 1. The first-order valence-corrected chi connectivity index (χ1v) is 8.53. The summed E-state index contributed by atoms with van der Waals surface area (Å²) in [7, 11) is 0. The zero-order valence-corrected chi connectivity index (χ0v) is 15.4. The lowest BCUT2D eigenvalue weighted by Crippen LogP contribution is -2.61. The van der Waals surface area contributed by atoms with Crippen LogP contribution in [0.25, 0.3) is 0 Å². The zero-order chi connectivity index (χ0) is 18.7. The average molecular weight is 345 g/mol. The van der Waals surface area contributed by atoms with Gasteiger partial charge in [-0.2, -0.15) is 0 Å². The van der Waals surface area contributed by atoms with Crippen molar-refractivity contribution in [3.05, 3.63) is 48.0 Å². The predicted molar refractivity (Wildman–Crippen MR) is 96.0 cm³/mol. The summed E-state index contributed by atoms with van der Waals surface area (Å²) in [5.74, 6) is -1.76. The standard InChI is InChI=1S/C20H27NO4/c1-19(2)12-16(25-18(24)11-10-17(22)23)13-20(3,4)21(19)14-15-8-6-5-7-9-15/h5-11,16H,12-14H2,1-4H3,(H,22,23)/b11-10-. The molecule has 0 amide bonds. The van der Waals surface area contributed by atoms with Crippen molar-refractivity contribution in [2.75, 3.05) is 0 Å². The third-order valence-corrected chi connectivity index (χ3v) is 4.74. The minimum atomic E-state index is -1.16. The van der Waals surface area contributed by atoms with Crippen LogP contribution in [0, 0.1) is 0 Å². The van der Waals surface area contributed by atoms with Crippen LogP contribution in [0.4, 0.5) is 0 Å². The van der Waals surface area contributed by atoms with Crippen molar-refractivity contribution in [2.24, 2.45) is 0 Å². The maximum absolute atomic E-state index is 11.8. The van der Waals surface area contributed by atoms with Gasteiger partial charge in [-0.15, -0.1) is 0 Å². The van der Waals surface area contributed by atoms with Gasteiger partial charge in [-0.05, 0) is 33.3 Å². The highest BCUT2D eigenvalue weighted by Gasteiger charge is 2.46. The molecule has 1 heterocycles. The van der Waals surface area contributed by atoms with Gasteiger partial charge in [-0.25, -0.2) is 9.59 Å². The first kappa shape index (κ1) is 19.2. The molecule has 1 aromatic rings. The number of benzene rings is 1. The summed E-state index contributed by atoms with van der Waals surface area (Å²) in [6.45, 7) is 9.46. The fraction of sp³-hybridized carbons (Fsp3) is 0.500. The van der Waals surface area contributed by atoms with Gasteiger partial charge in [0.25, 0.3) is 0 Å². The summed E-state index contributed by atoms with van der Waals surface area (Å²) in [5, 5.41) is 8.61. The van der Waals surface area contributed by atoms with Gasteiger partial charge in [0, 0.05) is 42.6 Å². The number of hydrogen-bond acceptors (Lipinski definition) is 4. The van der Waals surface area contributed by atoms with E-state index in [-0.39, 0.29) is 17.2 Å². The summed E-state index contributed by atoms with van der Waals surface area (Å²) < 4.78 is 5.50. The Balaban J connectivity index is 2.10. The van der Waals surface area contributed by atoms with Gasteiger partial charge >= 0.3 is 11.9 Å². The molecule has 5 heteroatoms. The lowest BCUT2D eigenvalue weighted by Gasteiger charge is -2.55. The van der Waals surface area contributed by atoms with Crippen LogP contribution in [-0.4, -0.2) is 39.1 Å². The largest absolute Gasteiger partial charge is 0.478 e. The van der Waals surface area contributed by atoms with Crippen molar-refractivity contribution in [3.63, 3.8) is 0 Å². The highest BCUT2D eigenvalue weighted by atomic mass is 16.5. The van der Waals surface area contributed by atoms with E-state index in [9.17, 15) is 9.59 Å². The molecule has 25 heavy (non-hydrogen) atoms. The summed E-state index contributed by atoms with van der Waals surface area (Å²) in [6, 6.07) is 10.3. The second-order valence-corrected chi connectivity index (χ2v) is 7.84. The van der Waals surface area contributed by atoms with E-state index in [4.69, 9.17) is 9.84 Å². The molecule has 1 aliphatic rings. The number of nitrogens with zero attached hydrogens (tertiary/aromatic N) is 1. The van der Waals surface area contributed by atoms with E-state index in [0.717, 1.165) is 18.7 Å². The minimum absolute atomic E-state index is 0.154. The molecule has 0 aliphatic carbocycles. The fourth-order valence-electron chi connectivity index (χ4n) is 3.85. The molecule has 1 aromatic carbocycles. The number of carboxylic acid groups (broad SMARTS) is 1. The Morgan fingerprint density at radius 3 is 2.20 bits per heavy atom. The van der Waals surface area contributed by atoms with Crippen molar-refractivity contribution in [1.29, 1.82) is 0 Å². The summed E-state index contributed by atoms with van der Waals surface area (Å²) in [4.78, 5) is 24.8. The molecule has 5 nitrogen and oxygen atoms in total. The molecule has 1 fully saturated rings. The maximum atomic E-state index is 11.8. The van der Waals surface area contributed by atoms with E-state index in [0.29, 0.717) is 12.8 Å². The molecule has 0 radical (unpaired) electrons. The molecule has 1 aliphatic heterocycles. The molecule has 0 unspecified atom stereocenters. The number of piperidine rings is 1. The Morgan fingerprint density at radius 1 is 1.12 bits per heavy atom. The third-order valence-electron chi connectivity index (χ3n) is 4.74. The van der Waals surface area contributed by atoms with Gasteiger partial charge < -0.3 is 9.84 Å². The van der Waals surface area contributed by atoms with E-state index >= 15 is 0 Å². The Hall–Kier alpha value is -2.14. The molecular weight excluding hydrogens is 318 g/mol. The lowest BCUT2D eigenvalue weighted by molar-refractivity contribution is -0.155. The van der Waals surface area contributed by atoms with Gasteiger partial charge in [-0.1, -0.05) is 30.3 Å². The van der Waals surface area contributed by atoms with Gasteiger partial charge in [0.15, 0.2) is 0 Å². The predicted octanol–water partition coefficient (Wildman–Crippen LogP) is 3.39. The molecule has 0 saturated carbocycles. The van der Waals surface area contributed by atoms with Crippen LogP contribution in [0.2, 0.25) is 0 Å². The van der Waals surface area contributed by atoms with Crippen molar-refractivity contribution < 1.29 is 19.4 Å². The van der Waals surface area contributed by atoms with Gasteiger partial charge in [0.1, 0.15) is 6.10 Å². The number of hydrogen-bond donors (Lipinski definition) is 1. The summed E-state index contributed by atoms with van der Waals surface area (Å²) >= 11 is 0. The lowest BCUT2D eigenvalue weighted by atomic mass is 9.77.